The van der Waals surface area contributed by atoms with Crippen LogP contribution in [0.15, 0.2) is 60.7 Å². The fourth-order valence-corrected chi connectivity index (χ4v) is 2.25. The third-order valence-electron chi connectivity index (χ3n) is 3.36. The molecule has 114 valence electrons. The average molecular weight is 293 g/mol. The molecule has 2 aromatic rings. The minimum absolute atomic E-state index is 0.0740. The molecule has 1 amide bonds. The molecule has 2 heteroatoms. The van der Waals surface area contributed by atoms with Crippen molar-refractivity contribution in [2.45, 2.75) is 26.8 Å². The molecule has 2 nitrogen and oxygen atoms in total. The van der Waals surface area contributed by atoms with Crippen molar-refractivity contribution in [3.63, 3.8) is 0 Å². The zero-order chi connectivity index (χ0) is 15.8. The highest BCUT2D eigenvalue weighted by Crippen LogP contribution is 2.10. The molecule has 0 saturated heterocycles. The van der Waals surface area contributed by atoms with Gasteiger partial charge in [0, 0.05) is 12.6 Å². The Morgan fingerprint density at radius 1 is 1.00 bits per heavy atom. The summed E-state index contributed by atoms with van der Waals surface area (Å²) >= 11 is 0. The van der Waals surface area contributed by atoms with Crippen molar-refractivity contribution in [3.8, 4) is 0 Å². The predicted molar refractivity (Wildman–Crippen MR) is 92.3 cm³/mol. The van der Waals surface area contributed by atoms with Crippen LogP contribution in [0.25, 0.3) is 6.08 Å². The Hall–Kier alpha value is -2.35. The lowest BCUT2D eigenvalue weighted by Gasteiger charge is -2.05. The van der Waals surface area contributed by atoms with Crippen molar-refractivity contribution in [2.75, 3.05) is 0 Å². The van der Waals surface area contributed by atoms with E-state index in [2.05, 4.69) is 43.4 Å². The van der Waals surface area contributed by atoms with E-state index in [1.807, 2.05) is 36.4 Å². The third kappa shape index (κ3) is 5.57. The van der Waals surface area contributed by atoms with E-state index in [0.717, 1.165) is 17.5 Å². The molecule has 22 heavy (non-hydrogen) atoms. The van der Waals surface area contributed by atoms with Gasteiger partial charge in [-0.2, -0.15) is 0 Å². The van der Waals surface area contributed by atoms with E-state index in [4.69, 9.17) is 0 Å². The van der Waals surface area contributed by atoms with E-state index < -0.39 is 0 Å². The molecule has 0 saturated carbocycles. The topological polar surface area (TPSA) is 29.1 Å². The zero-order valence-corrected chi connectivity index (χ0v) is 13.3. The van der Waals surface area contributed by atoms with Gasteiger partial charge >= 0.3 is 0 Å². The monoisotopic (exact) mass is 293 g/mol. The number of nitrogens with one attached hydrogen (secondary N) is 1. The number of amides is 1. The van der Waals surface area contributed by atoms with E-state index in [0.29, 0.717) is 12.5 Å². The first-order valence-corrected chi connectivity index (χ1v) is 7.72. The normalized spacial score (nSPS) is 11.0. The van der Waals surface area contributed by atoms with Crippen molar-refractivity contribution in [1.82, 2.24) is 5.32 Å². The van der Waals surface area contributed by atoms with Crippen LogP contribution in [0.5, 0.6) is 0 Å². The molecule has 0 aromatic heterocycles. The maximum Gasteiger partial charge on any atom is 0.244 e. The number of hydrogen-bond donors (Lipinski definition) is 1. The number of carbonyl (C=O) groups is 1. The molecule has 0 aliphatic rings. The van der Waals surface area contributed by atoms with Crippen LogP contribution in [-0.4, -0.2) is 5.91 Å². The molecular weight excluding hydrogens is 270 g/mol. The maximum absolute atomic E-state index is 11.8. The highest BCUT2D eigenvalue weighted by molar-refractivity contribution is 5.91. The first-order chi connectivity index (χ1) is 10.6. The van der Waals surface area contributed by atoms with Crippen LogP contribution in [0.2, 0.25) is 0 Å². The molecule has 0 aliphatic carbocycles. The second-order valence-electron chi connectivity index (χ2n) is 5.88. The van der Waals surface area contributed by atoms with Crippen LogP contribution in [0, 0.1) is 5.92 Å². The van der Waals surface area contributed by atoms with Gasteiger partial charge in [0.05, 0.1) is 0 Å². The van der Waals surface area contributed by atoms with Crippen molar-refractivity contribution >= 4 is 12.0 Å². The van der Waals surface area contributed by atoms with Crippen molar-refractivity contribution < 1.29 is 4.79 Å². The fraction of sp³-hybridized carbons (Fsp3) is 0.250. The van der Waals surface area contributed by atoms with Crippen LogP contribution in [0.4, 0.5) is 0 Å². The minimum atomic E-state index is -0.0740. The highest BCUT2D eigenvalue weighted by Gasteiger charge is 1.98. The molecule has 0 unspecified atom stereocenters. The first-order valence-electron chi connectivity index (χ1n) is 7.72. The van der Waals surface area contributed by atoms with Crippen LogP contribution in [0.3, 0.4) is 0 Å². The molecule has 0 spiro atoms. The van der Waals surface area contributed by atoms with E-state index in [9.17, 15) is 4.79 Å². The van der Waals surface area contributed by atoms with Crippen LogP contribution < -0.4 is 5.32 Å². The van der Waals surface area contributed by atoms with Gasteiger partial charge in [-0.25, -0.2) is 0 Å². The summed E-state index contributed by atoms with van der Waals surface area (Å²) in [6, 6.07) is 18.3. The van der Waals surface area contributed by atoms with E-state index in [-0.39, 0.29) is 5.91 Å². The van der Waals surface area contributed by atoms with Gasteiger partial charge in [-0.3, -0.25) is 4.79 Å². The Morgan fingerprint density at radius 2 is 1.68 bits per heavy atom. The van der Waals surface area contributed by atoms with Gasteiger partial charge in [0.2, 0.25) is 5.91 Å². The molecule has 0 aliphatic heterocycles. The maximum atomic E-state index is 11.8. The van der Waals surface area contributed by atoms with Gasteiger partial charge in [0.1, 0.15) is 0 Å². The Balaban J connectivity index is 1.84. The molecule has 0 bridgehead atoms. The fourth-order valence-electron chi connectivity index (χ4n) is 2.25. The standard InChI is InChI=1S/C20H23NO/c1-16(2)14-18-10-8-17(9-11-18)12-13-20(22)21-15-19-6-4-3-5-7-19/h3-13,16H,14-15H2,1-2H3,(H,21,22). The Morgan fingerprint density at radius 3 is 2.32 bits per heavy atom. The van der Waals surface area contributed by atoms with Crippen LogP contribution in [0.1, 0.15) is 30.5 Å². The summed E-state index contributed by atoms with van der Waals surface area (Å²) in [7, 11) is 0. The van der Waals surface area contributed by atoms with Gasteiger partial charge in [-0.05, 0) is 35.1 Å². The summed E-state index contributed by atoms with van der Waals surface area (Å²) < 4.78 is 0. The SMILES string of the molecule is CC(C)Cc1ccc(C=CC(=O)NCc2ccccc2)cc1. The van der Waals surface area contributed by atoms with Crippen molar-refractivity contribution in [1.29, 1.82) is 0 Å². The summed E-state index contributed by atoms with van der Waals surface area (Å²) in [5, 5.41) is 2.88. The van der Waals surface area contributed by atoms with E-state index >= 15 is 0 Å². The highest BCUT2D eigenvalue weighted by atomic mass is 16.1. The van der Waals surface area contributed by atoms with E-state index in [1.165, 1.54) is 5.56 Å². The number of hydrogen-bond acceptors (Lipinski definition) is 1. The van der Waals surface area contributed by atoms with Gasteiger partial charge in [0.15, 0.2) is 0 Å². The predicted octanol–water partition coefficient (Wildman–Crippen LogP) is 4.21. The lowest BCUT2D eigenvalue weighted by atomic mass is 10.0. The number of benzene rings is 2. The first kappa shape index (κ1) is 16.0. The summed E-state index contributed by atoms with van der Waals surface area (Å²) in [5.74, 6) is 0.584. The number of rotatable bonds is 6. The Kier molecular flexibility index (Phi) is 5.96. The molecule has 0 fully saturated rings. The van der Waals surface area contributed by atoms with Gasteiger partial charge in [-0.1, -0.05) is 68.4 Å². The number of carbonyl (C=O) groups excluding carboxylic acids is 1. The van der Waals surface area contributed by atoms with Gasteiger partial charge in [-0.15, -0.1) is 0 Å². The second kappa shape index (κ2) is 8.18. The van der Waals surface area contributed by atoms with E-state index in [1.54, 1.807) is 6.08 Å². The van der Waals surface area contributed by atoms with Crippen LogP contribution >= 0.6 is 0 Å². The molecule has 0 atom stereocenters. The van der Waals surface area contributed by atoms with Gasteiger partial charge < -0.3 is 5.32 Å². The molecule has 0 heterocycles. The lowest BCUT2D eigenvalue weighted by Crippen LogP contribution is -2.20. The van der Waals surface area contributed by atoms with Crippen molar-refractivity contribution in [2.24, 2.45) is 5.92 Å². The smallest absolute Gasteiger partial charge is 0.244 e. The Labute approximate surface area is 132 Å². The minimum Gasteiger partial charge on any atom is -0.348 e. The average Bonchev–Trinajstić information content (AvgIpc) is 2.53. The molecular formula is C20H23NO. The molecule has 2 rings (SSSR count). The summed E-state index contributed by atoms with van der Waals surface area (Å²) in [6.07, 6.45) is 4.52. The summed E-state index contributed by atoms with van der Waals surface area (Å²) in [4.78, 5) is 11.8. The largest absolute Gasteiger partial charge is 0.348 e. The molecule has 0 radical (unpaired) electrons. The van der Waals surface area contributed by atoms with Gasteiger partial charge in [0.25, 0.3) is 0 Å². The second-order valence-corrected chi connectivity index (χ2v) is 5.88. The summed E-state index contributed by atoms with van der Waals surface area (Å²) in [5.41, 5.74) is 3.48. The third-order valence-corrected chi connectivity index (χ3v) is 3.36. The van der Waals surface area contributed by atoms with Crippen LogP contribution in [-0.2, 0) is 17.8 Å². The quantitative estimate of drug-likeness (QED) is 0.794. The molecule has 2 aromatic carbocycles. The molecule has 1 N–H and O–H groups in total. The summed E-state index contributed by atoms with van der Waals surface area (Å²) in [6.45, 7) is 4.98. The Bertz CT molecular complexity index is 612. The zero-order valence-electron chi connectivity index (χ0n) is 13.3. The van der Waals surface area contributed by atoms with Crippen molar-refractivity contribution in [3.05, 3.63) is 77.4 Å². The lowest BCUT2D eigenvalue weighted by molar-refractivity contribution is -0.116.